The summed E-state index contributed by atoms with van der Waals surface area (Å²) < 4.78 is 2.39. The van der Waals surface area contributed by atoms with Gasteiger partial charge in [0.15, 0.2) is 17.5 Å². The monoisotopic (exact) mass is 734 g/mol. The van der Waals surface area contributed by atoms with Gasteiger partial charge in [-0.2, -0.15) is 0 Å². The minimum absolute atomic E-state index is 0.649. The van der Waals surface area contributed by atoms with Gasteiger partial charge in [0.05, 0.1) is 10.4 Å². The molecule has 2 heterocycles. The maximum absolute atomic E-state index is 5.02. The summed E-state index contributed by atoms with van der Waals surface area (Å²) in [7, 11) is 0. The average molecular weight is 735 g/mol. The van der Waals surface area contributed by atoms with Crippen molar-refractivity contribution in [1.29, 1.82) is 0 Å². The molecule has 5 heteroatoms. The van der Waals surface area contributed by atoms with Crippen LogP contribution in [0.2, 0.25) is 0 Å². The fraction of sp³-hybridized carbons (Fsp3) is 0. The zero-order chi connectivity index (χ0) is 37.3. The zero-order valence-corrected chi connectivity index (χ0v) is 31.1. The fourth-order valence-electron chi connectivity index (χ4n) is 7.33. The standard InChI is InChI=1S/C51H34N4S/c1-5-14-35(15-6-1)37-24-29-42(30-25-37)55(43-31-26-38(27-32-43)36-16-7-2-8-17-36)46-23-13-22-45-44-33-28-41(34-47(44)56-48(45)46)51-53-49(39-18-9-3-10-19-39)52-50(54-51)40-20-11-4-12-21-40/h1-34H. The molecule has 0 atom stereocenters. The maximum Gasteiger partial charge on any atom is 0.164 e. The molecule has 0 aliphatic heterocycles. The average Bonchev–Trinajstić information content (AvgIpc) is 3.67. The van der Waals surface area contributed by atoms with Crippen molar-refractivity contribution in [3.63, 3.8) is 0 Å². The van der Waals surface area contributed by atoms with E-state index >= 15 is 0 Å². The van der Waals surface area contributed by atoms with Crippen LogP contribution in [0.4, 0.5) is 17.1 Å². The van der Waals surface area contributed by atoms with Gasteiger partial charge in [-0.3, -0.25) is 0 Å². The van der Waals surface area contributed by atoms with E-state index in [-0.39, 0.29) is 0 Å². The number of hydrogen-bond acceptors (Lipinski definition) is 5. The van der Waals surface area contributed by atoms with Crippen molar-refractivity contribution in [3.8, 4) is 56.4 Å². The van der Waals surface area contributed by atoms with Crippen molar-refractivity contribution in [3.05, 3.63) is 206 Å². The van der Waals surface area contributed by atoms with Crippen LogP contribution in [0.3, 0.4) is 0 Å². The molecule has 0 saturated carbocycles. The molecule has 0 N–H and O–H groups in total. The Morgan fingerprint density at radius 3 is 1.21 bits per heavy atom. The van der Waals surface area contributed by atoms with Gasteiger partial charge in [-0.15, -0.1) is 11.3 Å². The molecule has 0 amide bonds. The molecule has 0 bridgehead atoms. The topological polar surface area (TPSA) is 41.9 Å². The van der Waals surface area contributed by atoms with Crippen LogP contribution in [0.15, 0.2) is 206 Å². The predicted molar refractivity (Wildman–Crippen MR) is 235 cm³/mol. The van der Waals surface area contributed by atoms with E-state index in [1.807, 2.05) is 60.7 Å². The maximum atomic E-state index is 5.02. The molecule has 10 rings (SSSR count). The van der Waals surface area contributed by atoms with Gasteiger partial charge < -0.3 is 4.90 Å². The third-order valence-electron chi connectivity index (χ3n) is 10.1. The molecule has 8 aromatic carbocycles. The molecule has 2 aromatic heterocycles. The van der Waals surface area contributed by atoms with E-state index in [0.717, 1.165) is 33.8 Å². The van der Waals surface area contributed by atoms with Crippen molar-refractivity contribution in [2.45, 2.75) is 0 Å². The van der Waals surface area contributed by atoms with Crippen molar-refractivity contribution in [1.82, 2.24) is 15.0 Å². The first-order valence-electron chi connectivity index (χ1n) is 18.7. The summed E-state index contributed by atoms with van der Waals surface area (Å²) in [5.74, 6) is 1.96. The summed E-state index contributed by atoms with van der Waals surface area (Å²) in [6.07, 6.45) is 0. The molecule has 0 unspecified atom stereocenters. The summed E-state index contributed by atoms with van der Waals surface area (Å²) in [5.41, 5.74) is 10.9. The van der Waals surface area contributed by atoms with Crippen molar-refractivity contribution >= 4 is 48.6 Å². The molecule has 4 nitrogen and oxygen atoms in total. The van der Waals surface area contributed by atoms with E-state index in [1.54, 1.807) is 11.3 Å². The lowest BCUT2D eigenvalue weighted by atomic mass is 10.0. The van der Waals surface area contributed by atoms with Crippen LogP contribution in [-0.4, -0.2) is 15.0 Å². The summed E-state index contributed by atoms with van der Waals surface area (Å²) >= 11 is 1.80. The Bertz CT molecular complexity index is 2790. The Balaban J connectivity index is 1.10. The third kappa shape index (κ3) is 6.40. The van der Waals surface area contributed by atoms with Gasteiger partial charge in [0.25, 0.3) is 0 Å². The first-order valence-corrected chi connectivity index (χ1v) is 19.5. The lowest BCUT2D eigenvalue weighted by Gasteiger charge is -2.26. The second-order valence-electron chi connectivity index (χ2n) is 13.7. The number of benzene rings is 8. The number of nitrogens with zero attached hydrogens (tertiary/aromatic N) is 4. The highest BCUT2D eigenvalue weighted by atomic mass is 32.1. The molecule has 0 aliphatic rings. The summed E-state index contributed by atoms with van der Waals surface area (Å²) in [5, 5.41) is 2.42. The highest BCUT2D eigenvalue weighted by Crippen LogP contribution is 2.46. The highest BCUT2D eigenvalue weighted by Gasteiger charge is 2.20. The van der Waals surface area contributed by atoms with Crippen LogP contribution in [0, 0.1) is 0 Å². The number of aromatic nitrogens is 3. The van der Waals surface area contributed by atoms with E-state index in [4.69, 9.17) is 15.0 Å². The second kappa shape index (κ2) is 14.6. The van der Waals surface area contributed by atoms with Gasteiger partial charge >= 0.3 is 0 Å². The Morgan fingerprint density at radius 2 is 0.732 bits per heavy atom. The van der Waals surface area contributed by atoms with Crippen LogP contribution in [0.5, 0.6) is 0 Å². The second-order valence-corrected chi connectivity index (χ2v) is 14.7. The van der Waals surface area contributed by atoms with Crippen LogP contribution in [0.25, 0.3) is 76.6 Å². The molecule has 0 radical (unpaired) electrons. The first-order chi connectivity index (χ1) is 27.7. The molecule has 264 valence electrons. The molecular formula is C51H34N4S. The van der Waals surface area contributed by atoms with Crippen molar-refractivity contribution < 1.29 is 0 Å². The van der Waals surface area contributed by atoms with E-state index in [1.165, 1.54) is 42.4 Å². The molecule has 0 fully saturated rings. The highest BCUT2D eigenvalue weighted by molar-refractivity contribution is 7.26. The van der Waals surface area contributed by atoms with Crippen molar-refractivity contribution in [2.24, 2.45) is 0 Å². The van der Waals surface area contributed by atoms with Crippen LogP contribution in [-0.2, 0) is 0 Å². The Labute approximate surface area is 329 Å². The lowest BCUT2D eigenvalue weighted by molar-refractivity contribution is 1.07. The molecule has 0 saturated heterocycles. The van der Waals surface area contributed by atoms with Crippen LogP contribution >= 0.6 is 11.3 Å². The third-order valence-corrected chi connectivity index (χ3v) is 11.3. The lowest BCUT2D eigenvalue weighted by Crippen LogP contribution is -2.10. The Hall–Kier alpha value is -7.21. The fourth-order valence-corrected chi connectivity index (χ4v) is 8.58. The minimum atomic E-state index is 0.649. The number of rotatable bonds is 8. The molecule has 0 spiro atoms. The number of anilines is 3. The van der Waals surface area contributed by atoms with Gasteiger partial charge in [-0.25, -0.2) is 15.0 Å². The van der Waals surface area contributed by atoms with Gasteiger partial charge in [-0.1, -0.05) is 170 Å². The zero-order valence-electron chi connectivity index (χ0n) is 30.3. The normalized spacial score (nSPS) is 11.2. The summed E-state index contributed by atoms with van der Waals surface area (Å²) in [4.78, 5) is 17.3. The van der Waals surface area contributed by atoms with Crippen LogP contribution < -0.4 is 4.90 Å². The number of fused-ring (bicyclic) bond motifs is 3. The number of thiophene rings is 1. The molecular weight excluding hydrogens is 701 g/mol. The minimum Gasteiger partial charge on any atom is -0.309 e. The quantitative estimate of drug-likeness (QED) is 0.156. The largest absolute Gasteiger partial charge is 0.309 e. The Kier molecular flexibility index (Phi) is 8.67. The Morgan fingerprint density at radius 1 is 0.321 bits per heavy atom. The predicted octanol–water partition coefficient (Wildman–Crippen LogP) is 14.0. The van der Waals surface area contributed by atoms with E-state index in [2.05, 4.69) is 150 Å². The molecule has 0 aliphatic carbocycles. The summed E-state index contributed by atoms with van der Waals surface area (Å²) in [6, 6.07) is 72.3. The van der Waals surface area contributed by atoms with Gasteiger partial charge in [0, 0.05) is 43.5 Å². The van der Waals surface area contributed by atoms with E-state index in [9.17, 15) is 0 Å². The van der Waals surface area contributed by atoms with E-state index in [0.29, 0.717) is 17.5 Å². The summed E-state index contributed by atoms with van der Waals surface area (Å²) in [6.45, 7) is 0. The van der Waals surface area contributed by atoms with Crippen molar-refractivity contribution in [2.75, 3.05) is 4.90 Å². The van der Waals surface area contributed by atoms with Gasteiger partial charge in [0.2, 0.25) is 0 Å². The molecule has 56 heavy (non-hydrogen) atoms. The number of hydrogen-bond donors (Lipinski definition) is 0. The SMILES string of the molecule is c1ccc(-c2ccc(N(c3ccc(-c4ccccc4)cc3)c3cccc4c3sc3cc(-c5nc(-c6ccccc6)nc(-c6ccccc6)n5)ccc34)cc2)cc1. The van der Waals surface area contributed by atoms with Gasteiger partial charge in [-0.05, 0) is 58.7 Å². The van der Waals surface area contributed by atoms with Crippen LogP contribution in [0.1, 0.15) is 0 Å². The molecule has 10 aromatic rings. The van der Waals surface area contributed by atoms with E-state index < -0.39 is 0 Å². The van der Waals surface area contributed by atoms with Gasteiger partial charge in [0.1, 0.15) is 0 Å². The smallest absolute Gasteiger partial charge is 0.164 e. The first kappa shape index (κ1) is 33.4.